The first-order chi connectivity index (χ1) is 7.14. The maximum absolute atomic E-state index is 10.7. The van der Waals surface area contributed by atoms with Gasteiger partial charge >= 0.3 is 0 Å². The normalized spacial score (nSPS) is 12.1. The summed E-state index contributed by atoms with van der Waals surface area (Å²) in [5.74, 6) is 0. The van der Waals surface area contributed by atoms with Crippen LogP contribution in [0.3, 0.4) is 0 Å². The highest BCUT2D eigenvalue weighted by molar-refractivity contribution is 7.36. The number of rotatable bonds is 5. The molecular weight excluding hydrogens is 211 g/mol. The predicted octanol–water partition coefficient (Wildman–Crippen LogP) is 1.67. The van der Waals surface area contributed by atoms with Crippen LogP contribution in [0.2, 0.25) is 0 Å². The van der Waals surface area contributed by atoms with E-state index in [0.717, 1.165) is 5.56 Å². The third kappa shape index (κ3) is 2.99. The fraction of sp³-hybridized carbons (Fsp3) is 0.455. The maximum atomic E-state index is 10.7. The molecule has 0 N–H and O–H groups in total. The second kappa shape index (κ2) is 5.57. The summed E-state index contributed by atoms with van der Waals surface area (Å²) in [6.07, 6.45) is 1.27. The minimum Gasteiger partial charge on any atom is -0.820 e. The molecule has 0 amide bonds. The average Bonchev–Trinajstić information content (AvgIpc) is 2.27. The third-order valence-electron chi connectivity index (χ3n) is 2.69. The van der Waals surface area contributed by atoms with Crippen molar-refractivity contribution in [1.29, 1.82) is 0 Å². The molecule has 0 atom stereocenters. The molecule has 0 aliphatic carbocycles. The van der Waals surface area contributed by atoms with Crippen molar-refractivity contribution in [2.75, 3.05) is 0 Å². The molecular formula is C11H15O3P-2. The Hall–Kier alpha value is -0.470. The van der Waals surface area contributed by atoms with Crippen LogP contribution < -0.4 is 9.79 Å². The second-order valence-corrected chi connectivity index (χ2v) is 4.01. The van der Waals surface area contributed by atoms with Gasteiger partial charge in [-0.3, -0.25) is 0 Å². The Morgan fingerprint density at radius 2 is 1.67 bits per heavy atom. The topological polar surface area (TPSA) is 55.3 Å². The minimum absolute atomic E-state index is 0.636. The lowest BCUT2D eigenvalue weighted by atomic mass is 9.89. The van der Waals surface area contributed by atoms with E-state index in [1.165, 1.54) is 0 Å². The van der Waals surface area contributed by atoms with Gasteiger partial charge in [-0.2, -0.15) is 8.60 Å². The average molecular weight is 226 g/mol. The quantitative estimate of drug-likeness (QED) is 0.717. The van der Waals surface area contributed by atoms with E-state index in [4.69, 9.17) is 4.52 Å². The molecule has 0 aromatic heterocycles. The summed E-state index contributed by atoms with van der Waals surface area (Å²) in [6.45, 7) is 3.85. The van der Waals surface area contributed by atoms with Gasteiger partial charge in [-0.15, -0.1) is 0 Å². The summed E-state index contributed by atoms with van der Waals surface area (Å²) in [5, 5.41) is 0. The minimum atomic E-state index is -2.82. The summed E-state index contributed by atoms with van der Waals surface area (Å²) >= 11 is 0. The molecule has 0 aliphatic heterocycles. The van der Waals surface area contributed by atoms with E-state index < -0.39 is 14.2 Å². The van der Waals surface area contributed by atoms with Crippen LogP contribution in [0.4, 0.5) is 0 Å². The lowest BCUT2D eigenvalue weighted by Gasteiger charge is -2.42. The Kier molecular flexibility index (Phi) is 4.68. The summed E-state index contributed by atoms with van der Waals surface area (Å²) in [6, 6.07) is 9.46. The first-order valence-electron chi connectivity index (χ1n) is 5.03. The molecule has 0 saturated heterocycles. The van der Waals surface area contributed by atoms with Gasteiger partial charge in [-0.1, -0.05) is 44.2 Å². The van der Waals surface area contributed by atoms with Gasteiger partial charge < -0.3 is 14.3 Å². The number of benzene rings is 1. The molecule has 0 fully saturated rings. The monoisotopic (exact) mass is 226 g/mol. The summed E-state index contributed by atoms with van der Waals surface area (Å²) < 4.78 is 5.08. The van der Waals surface area contributed by atoms with E-state index in [0.29, 0.717) is 12.8 Å². The Morgan fingerprint density at radius 1 is 1.13 bits per heavy atom. The van der Waals surface area contributed by atoms with Gasteiger partial charge in [0.05, 0.1) is 5.60 Å². The first kappa shape index (κ1) is 12.6. The summed E-state index contributed by atoms with van der Waals surface area (Å²) in [4.78, 5) is 21.4. The van der Waals surface area contributed by atoms with Crippen molar-refractivity contribution in [1.82, 2.24) is 0 Å². The van der Waals surface area contributed by atoms with E-state index in [1.807, 2.05) is 44.2 Å². The van der Waals surface area contributed by atoms with Crippen LogP contribution >= 0.6 is 8.60 Å². The molecule has 0 heterocycles. The van der Waals surface area contributed by atoms with Crippen LogP contribution in [0, 0.1) is 0 Å². The standard InChI is InChI=1S/C11H15O3P/c1-3-11(4-2,14-15(12)13)10-8-6-5-7-9-10/h5-9H,3-4H2,1-2H3/q-2. The van der Waals surface area contributed by atoms with Crippen molar-refractivity contribution in [3.8, 4) is 0 Å². The molecule has 0 bridgehead atoms. The van der Waals surface area contributed by atoms with Crippen molar-refractivity contribution in [3.05, 3.63) is 35.9 Å². The highest BCUT2D eigenvalue weighted by atomic mass is 31.2. The van der Waals surface area contributed by atoms with Crippen LogP contribution in [0.1, 0.15) is 32.3 Å². The molecule has 0 spiro atoms. The van der Waals surface area contributed by atoms with Gasteiger partial charge in [0.1, 0.15) is 0 Å². The van der Waals surface area contributed by atoms with Crippen molar-refractivity contribution in [3.63, 3.8) is 0 Å². The van der Waals surface area contributed by atoms with Crippen molar-refractivity contribution < 1.29 is 14.3 Å². The second-order valence-electron chi connectivity index (χ2n) is 3.38. The zero-order valence-corrected chi connectivity index (χ0v) is 9.87. The van der Waals surface area contributed by atoms with E-state index in [1.54, 1.807) is 0 Å². The fourth-order valence-electron chi connectivity index (χ4n) is 1.72. The van der Waals surface area contributed by atoms with Crippen molar-refractivity contribution in [2.45, 2.75) is 32.3 Å². The molecule has 1 rings (SSSR count). The SMILES string of the molecule is CCC(CC)(OP([O-])[O-])c1ccccc1. The Bertz CT molecular complexity index is 283. The third-order valence-corrected chi connectivity index (χ3v) is 3.19. The Balaban J connectivity index is 3.00. The molecule has 4 heteroatoms. The number of hydrogen-bond donors (Lipinski definition) is 0. The summed E-state index contributed by atoms with van der Waals surface area (Å²) in [5.41, 5.74) is 0.213. The summed E-state index contributed by atoms with van der Waals surface area (Å²) in [7, 11) is -2.82. The molecule has 84 valence electrons. The molecule has 3 nitrogen and oxygen atoms in total. The van der Waals surface area contributed by atoms with Crippen LogP contribution in [0.15, 0.2) is 30.3 Å². The van der Waals surface area contributed by atoms with Gasteiger partial charge in [-0.05, 0) is 18.4 Å². The van der Waals surface area contributed by atoms with Crippen LogP contribution in [0.5, 0.6) is 0 Å². The van der Waals surface area contributed by atoms with E-state index in [2.05, 4.69) is 0 Å². The zero-order valence-electron chi connectivity index (χ0n) is 8.97. The van der Waals surface area contributed by atoms with E-state index >= 15 is 0 Å². The van der Waals surface area contributed by atoms with Gasteiger partial charge in [0, 0.05) is 0 Å². The van der Waals surface area contributed by atoms with Gasteiger partial charge in [-0.25, -0.2) is 0 Å². The smallest absolute Gasteiger partial charge is 0.0936 e. The zero-order chi connectivity index (χ0) is 11.3. The Morgan fingerprint density at radius 3 is 2.07 bits per heavy atom. The molecule has 15 heavy (non-hydrogen) atoms. The largest absolute Gasteiger partial charge is 0.820 e. The first-order valence-corrected chi connectivity index (χ1v) is 6.13. The Labute approximate surface area is 91.7 Å². The lowest BCUT2D eigenvalue weighted by molar-refractivity contribution is -0.327. The predicted molar refractivity (Wildman–Crippen MR) is 56.7 cm³/mol. The van der Waals surface area contributed by atoms with Crippen LogP contribution in [-0.2, 0) is 10.1 Å². The molecule has 0 aliphatic rings. The van der Waals surface area contributed by atoms with E-state index in [-0.39, 0.29) is 0 Å². The molecule has 0 saturated carbocycles. The lowest BCUT2D eigenvalue weighted by Crippen LogP contribution is -2.30. The molecule has 1 aromatic carbocycles. The maximum Gasteiger partial charge on any atom is 0.0936 e. The van der Waals surface area contributed by atoms with Crippen molar-refractivity contribution in [2.24, 2.45) is 0 Å². The highest BCUT2D eigenvalue weighted by Crippen LogP contribution is 2.39. The van der Waals surface area contributed by atoms with E-state index in [9.17, 15) is 9.79 Å². The molecule has 0 unspecified atom stereocenters. The van der Waals surface area contributed by atoms with Gasteiger partial charge in [0.25, 0.3) is 0 Å². The van der Waals surface area contributed by atoms with Crippen LogP contribution in [0.25, 0.3) is 0 Å². The van der Waals surface area contributed by atoms with Gasteiger partial charge in [0.15, 0.2) is 0 Å². The van der Waals surface area contributed by atoms with Gasteiger partial charge in [0.2, 0.25) is 0 Å². The number of hydrogen-bond acceptors (Lipinski definition) is 3. The molecule has 1 aromatic rings. The molecule has 0 radical (unpaired) electrons. The van der Waals surface area contributed by atoms with Crippen molar-refractivity contribution >= 4 is 8.60 Å². The van der Waals surface area contributed by atoms with Crippen LogP contribution in [-0.4, -0.2) is 0 Å². The fourth-order valence-corrected chi connectivity index (χ4v) is 2.37. The highest BCUT2D eigenvalue weighted by Gasteiger charge is 2.28.